The molecule has 0 amide bonds. The molecule has 0 radical (unpaired) electrons. The minimum Gasteiger partial charge on any atom is -0.493 e. The third-order valence-electron chi connectivity index (χ3n) is 7.16. The van der Waals surface area contributed by atoms with Gasteiger partial charge in [-0.25, -0.2) is 14.5 Å². The number of benzene rings is 3. The molecule has 226 valence electrons. The van der Waals surface area contributed by atoms with Crippen molar-refractivity contribution in [3.05, 3.63) is 98.8 Å². The van der Waals surface area contributed by atoms with Crippen LogP contribution in [0.4, 0.5) is 0 Å². The third kappa shape index (κ3) is 6.18. The fourth-order valence-corrected chi connectivity index (χ4v) is 5.16. The first-order valence-electron chi connectivity index (χ1n) is 13.7. The summed E-state index contributed by atoms with van der Waals surface area (Å²) in [4.78, 5) is 17.1. The highest BCUT2D eigenvalue weighted by molar-refractivity contribution is 6.32. The number of hydrogen-bond donors (Lipinski definition) is 1. The van der Waals surface area contributed by atoms with Gasteiger partial charge in [-0.3, -0.25) is 0 Å². The van der Waals surface area contributed by atoms with Crippen molar-refractivity contribution in [2.24, 2.45) is 0 Å². The third-order valence-corrected chi connectivity index (χ3v) is 7.76. The summed E-state index contributed by atoms with van der Waals surface area (Å²) < 4.78 is 24.1. The summed E-state index contributed by atoms with van der Waals surface area (Å²) in [5, 5.41) is 15.9. The molecule has 0 unspecified atom stereocenters. The van der Waals surface area contributed by atoms with Crippen LogP contribution in [0.2, 0.25) is 5.02 Å². The predicted octanol–water partition coefficient (Wildman–Crippen LogP) is 7.74. The summed E-state index contributed by atoms with van der Waals surface area (Å²) in [6.07, 6.45) is 3.55. The molecule has 2 heterocycles. The van der Waals surface area contributed by atoms with Crippen molar-refractivity contribution in [1.29, 1.82) is 0 Å². The van der Waals surface area contributed by atoms with Gasteiger partial charge in [-0.05, 0) is 91.6 Å². The maximum atomic E-state index is 12.3. The second kappa shape index (κ2) is 12.7. The van der Waals surface area contributed by atoms with Crippen LogP contribution in [0, 0.1) is 20.8 Å². The lowest BCUT2D eigenvalue weighted by Crippen LogP contribution is -2.05. The van der Waals surface area contributed by atoms with Gasteiger partial charge in [0.1, 0.15) is 11.5 Å². The maximum Gasteiger partial charge on any atom is 0.336 e. The zero-order valence-electron chi connectivity index (χ0n) is 25.3. The van der Waals surface area contributed by atoms with Gasteiger partial charge in [-0.2, -0.15) is 5.10 Å². The fourth-order valence-electron chi connectivity index (χ4n) is 5.05. The van der Waals surface area contributed by atoms with E-state index >= 15 is 0 Å². The summed E-state index contributed by atoms with van der Waals surface area (Å²) in [6.45, 7) is 6.06. The smallest absolute Gasteiger partial charge is 0.336 e. The number of nitrogens with zero attached hydrogens (tertiary/aromatic N) is 3. The number of rotatable bonds is 10. The summed E-state index contributed by atoms with van der Waals surface area (Å²) in [7, 11) is 4.63. The molecule has 3 aromatic carbocycles. The Balaban J connectivity index is 1.45. The maximum absolute atomic E-state index is 12.3. The first-order valence-corrected chi connectivity index (χ1v) is 14.1. The number of carbonyl (C=O) groups is 1. The number of pyridine rings is 1. The number of methoxy groups -OCH3 is 3. The van der Waals surface area contributed by atoms with E-state index in [2.05, 4.69) is 5.10 Å². The molecule has 0 atom stereocenters. The van der Waals surface area contributed by atoms with Crippen LogP contribution >= 0.6 is 11.6 Å². The fraction of sp³-hybridized carbons (Fsp3) is 0.206. The van der Waals surface area contributed by atoms with Crippen molar-refractivity contribution in [1.82, 2.24) is 14.8 Å². The van der Waals surface area contributed by atoms with Crippen LogP contribution in [0.15, 0.2) is 54.6 Å². The predicted molar refractivity (Wildman–Crippen MR) is 171 cm³/mol. The van der Waals surface area contributed by atoms with Crippen molar-refractivity contribution in [3.8, 4) is 28.7 Å². The summed E-state index contributed by atoms with van der Waals surface area (Å²) in [5.41, 5.74) is 5.24. The molecule has 2 aromatic heterocycles. The van der Waals surface area contributed by atoms with Crippen LogP contribution in [0.25, 0.3) is 23.2 Å². The number of fused-ring (bicyclic) bond motifs is 1. The quantitative estimate of drug-likeness (QED) is 0.170. The van der Waals surface area contributed by atoms with E-state index in [1.807, 2.05) is 50.2 Å². The lowest BCUT2D eigenvalue weighted by atomic mass is 10.1. The number of carboxylic acids is 1. The van der Waals surface area contributed by atoms with E-state index in [1.165, 1.54) is 0 Å². The van der Waals surface area contributed by atoms with Gasteiger partial charge in [-0.1, -0.05) is 29.8 Å². The molecule has 10 heteroatoms. The Morgan fingerprint density at radius 2 is 1.52 bits per heavy atom. The van der Waals surface area contributed by atoms with Crippen LogP contribution in [-0.4, -0.2) is 47.2 Å². The monoisotopic (exact) mass is 613 g/mol. The molecule has 0 fully saturated rings. The SMILES string of the molecule is COc1cc(/C=C/c2cc(C(=O)O)c3c(C)nn(Cc4ccc(Oc5cc(C)c(Cl)c(C)c5)cc4)c3n2)cc(OC)c1OC. The molecule has 0 saturated carbocycles. The van der Waals surface area contributed by atoms with E-state index in [1.54, 1.807) is 63.3 Å². The van der Waals surface area contributed by atoms with E-state index in [4.69, 9.17) is 35.5 Å². The Morgan fingerprint density at radius 3 is 2.09 bits per heavy atom. The number of aromatic carboxylic acids is 1. The van der Waals surface area contributed by atoms with Crippen molar-refractivity contribution in [2.75, 3.05) is 21.3 Å². The summed E-state index contributed by atoms with van der Waals surface area (Å²) >= 11 is 6.29. The Kier molecular flexibility index (Phi) is 8.78. The summed E-state index contributed by atoms with van der Waals surface area (Å²) in [5.74, 6) is 1.82. The normalized spacial score (nSPS) is 11.2. The second-order valence-corrected chi connectivity index (χ2v) is 10.6. The molecule has 0 saturated heterocycles. The van der Waals surface area contributed by atoms with Crippen molar-refractivity contribution in [2.45, 2.75) is 27.3 Å². The highest BCUT2D eigenvalue weighted by Gasteiger charge is 2.19. The highest BCUT2D eigenvalue weighted by Crippen LogP contribution is 2.38. The molecule has 0 aliphatic heterocycles. The molecule has 0 bridgehead atoms. The van der Waals surface area contributed by atoms with Gasteiger partial charge in [0.15, 0.2) is 17.1 Å². The molecule has 5 rings (SSSR count). The van der Waals surface area contributed by atoms with Crippen LogP contribution in [-0.2, 0) is 6.54 Å². The Labute approximate surface area is 260 Å². The molecule has 0 aliphatic carbocycles. The van der Waals surface area contributed by atoms with Gasteiger partial charge < -0.3 is 24.1 Å². The molecular formula is C34H32ClN3O6. The second-order valence-electron chi connectivity index (χ2n) is 10.3. The van der Waals surface area contributed by atoms with Gasteiger partial charge in [0.25, 0.3) is 0 Å². The first-order chi connectivity index (χ1) is 21.1. The lowest BCUT2D eigenvalue weighted by molar-refractivity contribution is 0.0699. The number of aromatic nitrogens is 3. The molecular weight excluding hydrogens is 582 g/mol. The van der Waals surface area contributed by atoms with E-state index in [0.29, 0.717) is 57.7 Å². The van der Waals surface area contributed by atoms with E-state index in [0.717, 1.165) is 27.3 Å². The van der Waals surface area contributed by atoms with Gasteiger partial charge in [-0.15, -0.1) is 0 Å². The van der Waals surface area contributed by atoms with Gasteiger partial charge in [0.05, 0.1) is 50.2 Å². The average Bonchev–Trinajstić information content (AvgIpc) is 3.32. The number of ether oxygens (including phenoxy) is 4. The largest absolute Gasteiger partial charge is 0.493 e. The zero-order valence-corrected chi connectivity index (χ0v) is 26.0. The molecule has 9 nitrogen and oxygen atoms in total. The summed E-state index contributed by atoms with van der Waals surface area (Å²) in [6, 6.07) is 16.6. The molecule has 5 aromatic rings. The van der Waals surface area contributed by atoms with Gasteiger partial charge >= 0.3 is 5.97 Å². The van der Waals surface area contributed by atoms with Gasteiger partial charge in [0.2, 0.25) is 5.75 Å². The van der Waals surface area contributed by atoms with E-state index in [-0.39, 0.29) is 5.56 Å². The van der Waals surface area contributed by atoms with Crippen molar-refractivity contribution >= 4 is 40.8 Å². The van der Waals surface area contributed by atoms with Crippen molar-refractivity contribution < 1.29 is 28.8 Å². The lowest BCUT2D eigenvalue weighted by Gasteiger charge is -2.12. The molecule has 44 heavy (non-hydrogen) atoms. The molecule has 1 N–H and O–H groups in total. The van der Waals surface area contributed by atoms with Crippen LogP contribution in [0.5, 0.6) is 28.7 Å². The van der Waals surface area contributed by atoms with E-state index in [9.17, 15) is 9.90 Å². The Bertz CT molecular complexity index is 1850. The van der Waals surface area contributed by atoms with Crippen LogP contribution in [0.1, 0.15) is 44.0 Å². The van der Waals surface area contributed by atoms with Crippen LogP contribution in [0.3, 0.4) is 0 Å². The molecule has 0 spiro atoms. The Morgan fingerprint density at radius 1 is 0.886 bits per heavy atom. The average molecular weight is 614 g/mol. The minimum absolute atomic E-state index is 0.126. The highest BCUT2D eigenvalue weighted by atomic mass is 35.5. The van der Waals surface area contributed by atoms with Crippen LogP contribution < -0.4 is 18.9 Å². The topological polar surface area (TPSA) is 105 Å². The standard InChI is InChI=1S/C34H32ClN3O6/c1-19-13-26(14-20(2)31(19)35)44-25-11-8-22(9-12-25)18-38-33-30(21(3)37-38)27(34(39)40)17-24(36-33)10-7-23-15-28(41-4)32(43-6)29(16-23)42-5/h7-17H,18H2,1-6H3,(H,39,40)/b10-7+. The number of halogens is 1. The van der Waals surface area contributed by atoms with E-state index < -0.39 is 5.97 Å². The number of carboxylic acid groups (broad SMARTS) is 1. The zero-order chi connectivity index (χ0) is 31.5. The first kappa shape index (κ1) is 30.4. The van der Waals surface area contributed by atoms with Crippen molar-refractivity contribution in [3.63, 3.8) is 0 Å². The number of aryl methyl sites for hydroxylation is 3. The Hall–Kier alpha value is -5.02. The number of hydrogen-bond acceptors (Lipinski definition) is 7. The van der Waals surface area contributed by atoms with Gasteiger partial charge in [0, 0.05) is 5.02 Å². The molecule has 0 aliphatic rings. The minimum atomic E-state index is -1.06.